The van der Waals surface area contributed by atoms with Gasteiger partial charge in [0.25, 0.3) is 5.91 Å². The molecule has 0 fully saturated rings. The molecule has 2 aromatic rings. The summed E-state index contributed by atoms with van der Waals surface area (Å²) in [6, 6.07) is 18.9. The molecule has 0 saturated heterocycles. The molecule has 31 heavy (non-hydrogen) atoms. The summed E-state index contributed by atoms with van der Waals surface area (Å²) in [5.41, 5.74) is 12.8. The van der Waals surface area contributed by atoms with Gasteiger partial charge in [0.15, 0.2) is 0 Å². The summed E-state index contributed by atoms with van der Waals surface area (Å²) < 4.78 is 0. The Balaban J connectivity index is 1.22. The maximum absolute atomic E-state index is 12.9. The van der Waals surface area contributed by atoms with E-state index in [4.69, 9.17) is 0 Å². The van der Waals surface area contributed by atoms with Crippen molar-refractivity contribution in [2.75, 3.05) is 26.7 Å². The zero-order chi connectivity index (χ0) is 21.6. The molecule has 3 N–H and O–H groups in total. The van der Waals surface area contributed by atoms with Crippen LogP contribution in [0.1, 0.15) is 53.6 Å². The van der Waals surface area contributed by atoms with Crippen LogP contribution in [0.4, 0.5) is 0 Å². The Labute approximate surface area is 185 Å². The smallest absolute Gasteiger partial charge is 0.253 e. The number of allylic oxidation sites excluding steroid dienone is 1. The SMILES string of the molecule is C[C@@H](CNCCc1ccc(C(=O)N(C)CC2NNC3=C2CCC3)cc1)c1ccccc1. The number of rotatable bonds is 9. The first-order chi connectivity index (χ1) is 15.1. The summed E-state index contributed by atoms with van der Waals surface area (Å²) in [7, 11) is 1.89. The van der Waals surface area contributed by atoms with Crippen molar-refractivity contribution in [3.63, 3.8) is 0 Å². The van der Waals surface area contributed by atoms with Crippen LogP contribution in [0.3, 0.4) is 0 Å². The first kappa shape index (κ1) is 21.6. The number of carbonyl (C=O) groups is 1. The fourth-order valence-electron chi connectivity index (χ4n) is 4.55. The van der Waals surface area contributed by atoms with Crippen LogP contribution in [-0.4, -0.2) is 43.5 Å². The Kier molecular flexibility index (Phi) is 7.05. The second-order valence-corrected chi connectivity index (χ2v) is 8.83. The van der Waals surface area contributed by atoms with Crippen LogP contribution in [0.2, 0.25) is 0 Å². The molecule has 0 radical (unpaired) electrons. The normalized spacial score (nSPS) is 18.6. The van der Waals surface area contributed by atoms with Gasteiger partial charge in [-0.2, -0.15) is 0 Å². The molecule has 1 amide bonds. The monoisotopic (exact) mass is 418 g/mol. The van der Waals surface area contributed by atoms with Gasteiger partial charge in [-0.3, -0.25) is 4.79 Å². The van der Waals surface area contributed by atoms with Crippen LogP contribution in [0.25, 0.3) is 0 Å². The maximum atomic E-state index is 12.9. The van der Waals surface area contributed by atoms with Crippen molar-refractivity contribution in [2.45, 2.75) is 44.6 Å². The van der Waals surface area contributed by atoms with Gasteiger partial charge in [0.05, 0.1) is 6.04 Å². The van der Waals surface area contributed by atoms with Crippen LogP contribution >= 0.6 is 0 Å². The predicted octanol–water partition coefficient (Wildman–Crippen LogP) is 3.61. The molecule has 0 saturated carbocycles. The number of nitrogens with zero attached hydrogens (tertiary/aromatic N) is 1. The molecule has 164 valence electrons. The maximum Gasteiger partial charge on any atom is 0.253 e. The van der Waals surface area contributed by atoms with E-state index in [1.807, 2.05) is 24.1 Å². The number of nitrogens with one attached hydrogen (secondary N) is 3. The number of hydrazine groups is 1. The van der Waals surface area contributed by atoms with Gasteiger partial charge >= 0.3 is 0 Å². The molecule has 1 unspecified atom stereocenters. The van der Waals surface area contributed by atoms with Crippen LogP contribution in [-0.2, 0) is 6.42 Å². The van der Waals surface area contributed by atoms with Crippen LogP contribution in [0, 0.1) is 0 Å². The van der Waals surface area contributed by atoms with Crippen molar-refractivity contribution in [1.82, 2.24) is 21.1 Å². The second kappa shape index (κ2) is 10.1. The lowest BCUT2D eigenvalue weighted by Gasteiger charge is -2.23. The molecule has 2 aromatic carbocycles. The first-order valence-corrected chi connectivity index (χ1v) is 11.5. The van der Waals surface area contributed by atoms with Crippen LogP contribution in [0.5, 0.6) is 0 Å². The van der Waals surface area contributed by atoms with E-state index in [1.165, 1.54) is 28.8 Å². The Bertz CT molecular complexity index is 907. The number of hydrogen-bond donors (Lipinski definition) is 3. The van der Waals surface area contributed by atoms with Crippen molar-refractivity contribution < 1.29 is 4.79 Å². The highest BCUT2D eigenvalue weighted by molar-refractivity contribution is 5.94. The van der Waals surface area contributed by atoms with Crippen LogP contribution in [0.15, 0.2) is 65.9 Å². The summed E-state index contributed by atoms with van der Waals surface area (Å²) in [5.74, 6) is 0.576. The molecule has 2 atom stereocenters. The Hall–Kier alpha value is -2.63. The average molecular weight is 419 g/mol. The van der Waals surface area contributed by atoms with Crippen molar-refractivity contribution in [3.8, 4) is 0 Å². The molecule has 5 nitrogen and oxygen atoms in total. The molecular weight excluding hydrogens is 384 g/mol. The molecule has 1 aliphatic carbocycles. The van der Waals surface area contributed by atoms with E-state index < -0.39 is 0 Å². The molecule has 1 heterocycles. The number of carbonyl (C=O) groups excluding carboxylic acids is 1. The molecule has 5 heteroatoms. The van der Waals surface area contributed by atoms with E-state index in [0.29, 0.717) is 12.5 Å². The van der Waals surface area contributed by atoms with Gasteiger partial charge < -0.3 is 15.6 Å². The molecule has 0 aromatic heterocycles. The van der Waals surface area contributed by atoms with E-state index >= 15 is 0 Å². The molecular formula is C26H34N4O. The van der Waals surface area contributed by atoms with Crippen molar-refractivity contribution in [3.05, 3.63) is 82.6 Å². The zero-order valence-electron chi connectivity index (χ0n) is 18.7. The summed E-state index contributed by atoms with van der Waals surface area (Å²) in [4.78, 5) is 14.7. The van der Waals surface area contributed by atoms with Crippen molar-refractivity contribution in [2.24, 2.45) is 0 Å². The minimum absolute atomic E-state index is 0.0789. The molecule has 4 rings (SSSR count). The summed E-state index contributed by atoms with van der Waals surface area (Å²) in [5, 5.41) is 3.55. The quantitative estimate of drug-likeness (QED) is 0.545. The van der Waals surface area contributed by atoms with Gasteiger partial charge in [0, 0.05) is 31.4 Å². The fourth-order valence-corrected chi connectivity index (χ4v) is 4.55. The number of amides is 1. The number of hydrogen-bond acceptors (Lipinski definition) is 4. The van der Waals surface area contributed by atoms with E-state index in [2.05, 4.69) is 65.6 Å². The fraction of sp³-hybridized carbons (Fsp3) is 0.423. The molecule has 0 spiro atoms. The highest BCUT2D eigenvalue weighted by Crippen LogP contribution is 2.29. The first-order valence-electron chi connectivity index (χ1n) is 11.5. The van der Waals surface area contributed by atoms with Gasteiger partial charge in [0.1, 0.15) is 0 Å². The third-order valence-electron chi connectivity index (χ3n) is 6.49. The summed E-state index contributed by atoms with van der Waals surface area (Å²) in [6.45, 7) is 4.84. The standard InChI is InChI=1S/C26H34N4O/c1-19(21-7-4-3-5-8-21)17-27-16-15-20-11-13-22(14-12-20)26(31)30(2)18-25-23-9-6-10-24(23)28-29-25/h3-5,7-8,11-14,19,25,27-29H,6,9-10,15-18H2,1-2H3/t19-,25?/m0/s1. The van der Waals surface area contributed by atoms with Crippen molar-refractivity contribution in [1.29, 1.82) is 0 Å². The Morgan fingerprint density at radius 3 is 2.68 bits per heavy atom. The lowest BCUT2D eigenvalue weighted by atomic mass is 10.0. The summed E-state index contributed by atoms with van der Waals surface area (Å²) in [6.07, 6.45) is 4.43. The van der Waals surface area contributed by atoms with Gasteiger partial charge in [0.2, 0.25) is 0 Å². The molecule has 2 aliphatic rings. The number of benzene rings is 2. The molecule has 1 aliphatic heterocycles. The van der Waals surface area contributed by atoms with Gasteiger partial charge in [-0.1, -0.05) is 49.4 Å². The van der Waals surface area contributed by atoms with Crippen LogP contribution < -0.4 is 16.2 Å². The lowest BCUT2D eigenvalue weighted by molar-refractivity contribution is 0.0786. The van der Waals surface area contributed by atoms with E-state index in [0.717, 1.165) is 37.9 Å². The zero-order valence-corrected chi connectivity index (χ0v) is 18.7. The van der Waals surface area contributed by atoms with Gasteiger partial charge in [-0.25, -0.2) is 5.43 Å². The second-order valence-electron chi connectivity index (χ2n) is 8.83. The Morgan fingerprint density at radius 1 is 1.13 bits per heavy atom. The highest BCUT2D eigenvalue weighted by atomic mass is 16.2. The van der Waals surface area contributed by atoms with E-state index in [1.54, 1.807) is 0 Å². The average Bonchev–Trinajstić information content (AvgIpc) is 3.42. The lowest BCUT2D eigenvalue weighted by Crippen LogP contribution is -2.43. The predicted molar refractivity (Wildman–Crippen MR) is 126 cm³/mol. The number of likely N-dealkylation sites (N-methyl/N-ethyl adjacent to an activating group) is 1. The minimum atomic E-state index is 0.0789. The highest BCUT2D eigenvalue weighted by Gasteiger charge is 2.30. The summed E-state index contributed by atoms with van der Waals surface area (Å²) >= 11 is 0. The van der Waals surface area contributed by atoms with Crippen molar-refractivity contribution >= 4 is 5.91 Å². The van der Waals surface area contributed by atoms with E-state index in [-0.39, 0.29) is 11.9 Å². The Morgan fingerprint density at radius 2 is 1.90 bits per heavy atom. The third-order valence-corrected chi connectivity index (χ3v) is 6.49. The van der Waals surface area contributed by atoms with Gasteiger partial charge in [-0.15, -0.1) is 0 Å². The minimum Gasteiger partial charge on any atom is -0.340 e. The van der Waals surface area contributed by atoms with E-state index in [9.17, 15) is 4.79 Å². The topological polar surface area (TPSA) is 56.4 Å². The van der Waals surface area contributed by atoms with Gasteiger partial charge in [-0.05, 0) is 67.0 Å². The third kappa shape index (κ3) is 5.35. The molecule has 0 bridgehead atoms. The largest absolute Gasteiger partial charge is 0.340 e.